The molecule has 0 radical (unpaired) electrons. The Kier molecular flexibility index (Phi) is 4.21. The van der Waals surface area contributed by atoms with Crippen molar-refractivity contribution in [1.82, 2.24) is 0 Å². The SMILES string of the molecule is CC1SCCCC1Nc1ccccc1N(C)C. The third kappa shape index (κ3) is 3.09. The third-order valence-corrected chi connectivity index (χ3v) is 4.71. The maximum atomic E-state index is 3.72. The van der Waals surface area contributed by atoms with Gasteiger partial charge in [-0.25, -0.2) is 0 Å². The number of hydrogen-bond acceptors (Lipinski definition) is 3. The van der Waals surface area contributed by atoms with E-state index in [1.54, 1.807) is 0 Å². The lowest BCUT2D eigenvalue weighted by Gasteiger charge is -2.31. The van der Waals surface area contributed by atoms with Crippen LogP contribution in [0.15, 0.2) is 24.3 Å². The summed E-state index contributed by atoms with van der Waals surface area (Å²) >= 11 is 2.08. The zero-order valence-corrected chi connectivity index (χ0v) is 11.8. The standard InChI is InChI=1S/C14H22N2S/c1-11-12(8-6-10-17-11)15-13-7-4-5-9-14(13)16(2)3/h4-5,7,9,11-12,15H,6,8,10H2,1-3H3. The van der Waals surface area contributed by atoms with E-state index in [0.717, 1.165) is 0 Å². The molecule has 2 rings (SSSR count). The first kappa shape index (κ1) is 12.6. The summed E-state index contributed by atoms with van der Waals surface area (Å²) in [5, 5.41) is 4.43. The molecule has 0 saturated carbocycles. The topological polar surface area (TPSA) is 15.3 Å². The van der Waals surface area contributed by atoms with Crippen LogP contribution in [-0.2, 0) is 0 Å². The van der Waals surface area contributed by atoms with Gasteiger partial charge in [-0.05, 0) is 30.7 Å². The number of nitrogens with one attached hydrogen (secondary N) is 1. The lowest BCUT2D eigenvalue weighted by atomic mass is 10.1. The predicted octanol–water partition coefficient (Wildman–Crippen LogP) is 3.45. The summed E-state index contributed by atoms with van der Waals surface area (Å²) in [6.07, 6.45) is 2.62. The van der Waals surface area contributed by atoms with Gasteiger partial charge in [0.05, 0.1) is 11.4 Å². The number of nitrogens with zero attached hydrogens (tertiary/aromatic N) is 1. The first-order chi connectivity index (χ1) is 8.18. The molecule has 1 N–H and O–H groups in total. The molecule has 1 fully saturated rings. The van der Waals surface area contributed by atoms with Crippen LogP contribution in [-0.4, -0.2) is 31.1 Å². The van der Waals surface area contributed by atoms with E-state index in [1.807, 2.05) is 0 Å². The molecule has 1 aliphatic rings. The van der Waals surface area contributed by atoms with Gasteiger partial charge in [0.1, 0.15) is 0 Å². The van der Waals surface area contributed by atoms with Crippen molar-refractivity contribution in [3.63, 3.8) is 0 Å². The number of thioether (sulfide) groups is 1. The summed E-state index contributed by atoms with van der Waals surface area (Å²) in [4.78, 5) is 2.17. The van der Waals surface area contributed by atoms with Crippen LogP contribution >= 0.6 is 11.8 Å². The second-order valence-corrected chi connectivity index (χ2v) is 6.37. The van der Waals surface area contributed by atoms with Gasteiger partial charge in [0.15, 0.2) is 0 Å². The van der Waals surface area contributed by atoms with Gasteiger partial charge in [0.2, 0.25) is 0 Å². The zero-order chi connectivity index (χ0) is 12.3. The van der Waals surface area contributed by atoms with Crippen molar-refractivity contribution in [1.29, 1.82) is 0 Å². The fourth-order valence-electron chi connectivity index (χ4n) is 2.30. The maximum absolute atomic E-state index is 3.72. The highest BCUT2D eigenvalue weighted by Crippen LogP contribution is 2.31. The highest BCUT2D eigenvalue weighted by molar-refractivity contribution is 8.00. The number of rotatable bonds is 3. The molecular formula is C14H22N2S. The van der Waals surface area contributed by atoms with Crippen LogP contribution in [0.1, 0.15) is 19.8 Å². The van der Waals surface area contributed by atoms with Crippen LogP contribution in [0.4, 0.5) is 11.4 Å². The molecule has 3 heteroatoms. The largest absolute Gasteiger partial charge is 0.380 e. The molecule has 1 saturated heterocycles. The molecule has 2 atom stereocenters. The van der Waals surface area contributed by atoms with Crippen LogP contribution in [0.25, 0.3) is 0 Å². The summed E-state index contributed by atoms with van der Waals surface area (Å²) in [7, 11) is 4.19. The molecule has 1 aromatic carbocycles. The summed E-state index contributed by atoms with van der Waals surface area (Å²) in [5.74, 6) is 1.31. The number of para-hydroxylation sites is 2. The first-order valence-corrected chi connectivity index (χ1v) is 7.38. The first-order valence-electron chi connectivity index (χ1n) is 6.33. The Labute approximate surface area is 109 Å². The zero-order valence-electron chi connectivity index (χ0n) is 10.9. The van der Waals surface area contributed by atoms with Gasteiger partial charge in [-0.15, -0.1) is 0 Å². The van der Waals surface area contributed by atoms with Crippen molar-refractivity contribution in [2.75, 3.05) is 30.1 Å². The smallest absolute Gasteiger partial charge is 0.0596 e. The van der Waals surface area contributed by atoms with Crippen molar-refractivity contribution < 1.29 is 0 Å². The fraction of sp³-hybridized carbons (Fsp3) is 0.571. The molecule has 0 spiro atoms. The van der Waals surface area contributed by atoms with E-state index in [4.69, 9.17) is 0 Å². The van der Waals surface area contributed by atoms with Gasteiger partial charge in [-0.1, -0.05) is 19.1 Å². The van der Waals surface area contributed by atoms with Crippen LogP contribution in [0.2, 0.25) is 0 Å². The lowest BCUT2D eigenvalue weighted by Crippen LogP contribution is -2.33. The number of anilines is 2. The molecule has 1 aliphatic heterocycles. The summed E-state index contributed by atoms with van der Waals surface area (Å²) in [6, 6.07) is 9.16. The monoisotopic (exact) mass is 250 g/mol. The quantitative estimate of drug-likeness (QED) is 0.884. The summed E-state index contributed by atoms with van der Waals surface area (Å²) in [5.41, 5.74) is 2.53. The molecule has 0 amide bonds. The van der Waals surface area contributed by atoms with E-state index in [-0.39, 0.29) is 0 Å². The van der Waals surface area contributed by atoms with Gasteiger partial charge < -0.3 is 10.2 Å². The molecule has 0 aromatic heterocycles. The molecule has 94 valence electrons. The minimum atomic E-state index is 0.606. The molecule has 1 heterocycles. The van der Waals surface area contributed by atoms with E-state index >= 15 is 0 Å². The van der Waals surface area contributed by atoms with Gasteiger partial charge >= 0.3 is 0 Å². The predicted molar refractivity (Wildman–Crippen MR) is 79.3 cm³/mol. The Balaban J connectivity index is 2.12. The maximum Gasteiger partial charge on any atom is 0.0596 e. The Bertz CT molecular complexity index is 365. The van der Waals surface area contributed by atoms with E-state index in [2.05, 4.69) is 67.3 Å². The lowest BCUT2D eigenvalue weighted by molar-refractivity contribution is 0.617. The van der Waals surface area contributed by atoms with Gasteiger partial charge in [-0.3, -0.25) is 0 Å². The molecule has 0 bridgehead atoms. The van der Waals surface area contributed by atoms with Gasteiger partial charge in [0, 0.05) is 25.4 Å². The highest BCUT2D eigenvalue weighted by atomic mass is 32.2. The second kappa shape index (κ2) is 5.67. The number of benzene rings is 1. The van der Waals surface area contributed by atoms with Crippen LogP contribution < -0.4 is 10.2 Å². The highest BCUT2D eigenvalue weighted by Gasteiger charge is 2.22. The minimum Gasteiger partial charge on any atom is -0.380 e. The molecule has 17 heavy (non-hydrogen) atoms. The number of hydrogen-bond donors (Lipinski definition) is 1. The van der Waals surface area contributed by atoms with Crippen molar-refractivity contribution in [2.24, 2.45) is 0 Å². The van der Waals surface area contributed by atoms with Crippen LogP contribution in [0.3, 0.4) is 0 Å². The summed E-state index contributed by atoms with van der Waals surface area (Å²) in [6.45, 7) is 2.33. The van der Waals surface area contributed by atoms with E-state index in [9.17, 15) is 0 Å². The average Bonchev–Trinajstić information content (AvgIpc) is 2.32. The molecule has 0 aliphatic carbocycles. The summed E-state index contributed by atoms with van der Waals surface area (Å²) < 4.78 is 0. The minimum absolute atomic E-state index is 0.606. The Morgan fingerprint density at radius 1 is 1.29 bits per heavy atom. The van der Waals surface area contributed by atoms with Crippen molar-refractivity contribution in [3.05, 3.63) is 24.3 Å². The molecule has 1 aromatic rings. The molecule has 2 unspecified atom stereocenters. The van der Waals surface area contributed by atoms with Crippen LogP contribution in [0.5, 0.6) is 0 Å². The average molecular weight is 250 g/mol. The van der Waals surface area contributed by atoms with Crippen molar-refractivity contribution >= 4 is 23.1 Å². The fourth-order valence-corrected chi connectivity index (χ4v) is 3.44. The molecular weight excluding hydrogens is 228 g/mol. The Hall–Kier alpha value is -0.830. The van der Waals surface area contributed by atoms with E-state index in [1.165, 1.54) is 30.0 Å². The van der Waals surface area contributed by atoms with E-state index < -0.39 is 0 Å². The second-order valence-electron chi connectivity index (χ2n) is 4.88. The van der Waals surface area contributed by atoms with Crippen molar-refractivity contribution in [2.45, 2.75) is 31.1 Å². The Morgan fingerprint density at radius 2 is 2.06 bits per heavy atom. The van der Waals surface area contributed by atoms with Crippen LogP contribution in [0, 0.1) is 0 Å². The Morgan fingerprint density at radius 3 is 2.76 bits per heavy atom. The van der Waals surface area contributed by atoms with E-state index in [0.29, 0.717) is 11.3 Å². The molecule has 2 nitrogen and oxygen atoms in total. The van der Waals surface area contributed by atoms with Gasteiger partial charge in [0.25, 0.3) is 0 Å². The third-order valence-electron chi connectivity index (χ3n) is 3.33. The van der Waals surface area contributed by atoms with Gasteiger partial charge in [-0.2, -0.15) is 11.8 Å². The normalized spacial score (nSPS) is 24.4. The van der Waals surface area contributed by atoms with Crippen molar-refractivity contribution in [3.8, 4) is 0 Å².